The van der Waals surface area contributed by atoms with Crippen LogP contribution in [0.5, 0.6) is 0 Å². The summed E-state index contributed by atoms with van der Waals surface area (Å²) in [7, 11) is 0. The number of esters is 1. The second kappa shape index (κ2) is 5.96. The molecule has 1 aromatic rings. The molecular formula is C11H18N2O2S. The molecule has 0 bridgehead atoms. The minimum atomic E-state index is -0.282. The molecule has 1 rings (SSSR count). The van der Waals surface area contributed by atoms with E-state index in [1.54, 1.807) is 6.92 Å². The third-order valence-electron chi connectivity index (χ3n) is 2.20. The van der Waals surface area contributed by atoms with Crippen molar-refractivity contribution < 1.29 is 9.53 Å². The van der Waals surface area contributed by atoms with Crippen molar-refractivity contribution in [2.45, 2.75) is 46.3 Å². The number of aryl methyl sites for hydroxylation is 1. The Balaban J connectivity index is 2.68. The average molecular weight is 242 g/mol. The van der Waals surface area contributed by atoms with Crippen LogP contribution in [-0.2, 0) is 11.3 Å². The van der Waals surface area contributed by atoms with Gasteiger partial charge in [0.2, 0.25) is 0 Å². The SMILES string of the molecule is CCCC(C)OC(=O)c1sc(CN)nc1C. The van der Waals surface area contributed by atoms with Crippen LogP contribution in [0.3, 0.4) is 0 Å². The second-order valence-electron chi connectivity index (χ2n) is 3.73. The molecule has 0 spiro atoms. The molecule has 0 aromatic carbocycles. The Bertz CT molecular complexity index is 363. The zero-order chi connectivity index (χ0) is 12.1. The van der Waals surface area contributed by atoms with Crippen LogP contribution in [-0.4, -0.2) is 17.1 Å². The van der Waals surface area contributed by atoms with Gasteiger partial charge in [0.15, 0.2) is 0 Å². The number of carbonyl (C=O) groups excluding carboxylic acids is 1. The molecule has 0 amide bonds. The first kappa shape index (κ1) is 13.1. The summed E-state index contributed by atoms with van der Waals surface area (Å²) in [6, 6.07) is 0. The standard InChI is InChI=1S/C11H18N2O2S/c1-4-5-7(2)15-11(14)10-8(3)13-9(6-12)16-10/h7H,4-6,12H2,1-3H3. The lowest BCUT2D eigenvalue weighted by Crippen LogP contribution is -2.14. The van der Waals surface area contributed by atoms with Crippen molar-refractivity contribution in [2.75, 3.05) is 0 Å². The van der Waals surface area contributed by atoms with E-state index in [9.17, 15) is 4.79 Å². The highest BCUT2D eigenvalue weighted by Gasteiger charge is 2.18. The van der Waals surface area contributed by atoms with E-state index in [1.807, 2.05) is 6.92 Å². The summed E-state index contributed by atoms with van der Waals surface area (Å²) < 4.78 is 5.31. The van der Waals surface area contributed by atoms with E-state index in [2.05, 4.69) is 11.9 Å². The van der Waals surface area contributed by atoms with Gasteiger partial charge in [-0.3, -0.25) is 0 Å². The maximum Gasteiger partial charge on any atom is 0.350 e. The van der Waals surface area contributed by atoms with Gasteiger partial charge in [-0.15, -0.1) is 11.3 Å². The number of thiazole rings is 1. The molecule has 0 fully saturated rings. The topological polar surface area (TPSA) is 65.2 Å². The van der Waals surface area contributed by atoms with E-state index >= 15 is 0 Å². The lowest BCUT2D eigenvalue weighted by Gasteiger charge is -2.10. The Morgan fingerprint density at radius 1 is 1.62 bits per heavy atom. The number of hydrogen-bond donors (Lipinski definition) is 1. The zero-order valence-electron chi connectivity index (χ0n) is 9.95. The van der Waals surface area contributed by atoms with E-state index in [0.29, 0.717) is 17.1 Å². The molecule has 0 radical (unpaired) electrons. The van der Waals surface area contributed by atoms with E-state index in [0.717, 1.165) is 17.8 Å². The summed E-state index contributed by atoms with van der Waals surface area (Å²) >= 11 is 1.32. The van der Waals surface area contributed by atoms with Crippen molar-refractivity contribution in [3.05, 3.63) is 15.6 Å². The molecule has 0 aliphatic heterocycles. The molecule has 1 unspecified atom stereocenters. The van der Waals surface area contributed by atoms with Gasteiger partial charge < -0.3 is 10.5 Å². The van der Waals surface area contributed by atoms with Gasteiger partial charge in [-0.1, -0.05) is 13.3 Å². The third-order valence-corrected chi connectivity index (χ3v) is 3.36. The lowest BCUT2D eigenvalue weighted by atomic mass is 10.2. The van der Waals surface area contributed by atoms with E-state index < -0.39 is 0 Å². The minimum absolute atomic E-state index is 0.0414. The van der Waals surface area contributed by atoms with Crippen molar-refractivity contribution in [1.82, 2.24) is 4.98 Å². The summed E-state index contributed by atoms with van der Waals surface area (Å²) in [4.78, 5) is 16.6. The van der Waals surface area contributed by atoms with E-state index in [4.69, 9.17) is 10.5 Å². The highest BCUT2D eigenvalue weighted by atomic mass is 32.1. The van der Waals surface area contributed by atoms with Crippen LogP contribution < -0.4 is 5.73 Å². The smallest absolute Gasteiger partial charge is 0.350 e. The summed E-state index contributed by atoms with van der Waals surface area (Å²) in [6.07, 6.45) is 1.85. The fourth-order valence-corrected chi connectivity index (χ4v) is 2.26. The number of carbonyl (C=O) groups is 1. The fraction of sp³-hybridized carbons (Fsp3) is 0.636. The second-order valence-corrected chi connectivity index (χ2v) is 4.81. The quantitative estimate of drug-likeness (QED) is 0.804. The number of aromatic nitrogens is 1. The van der Waals surface area contributed by atoms with E-state index in [-0.39, 0.29) is 12.1 Å². The van der Waals surface area contributed by atoms with Gasteiger partial charge in [0.25, 0.3) is 0 Å². The summed E-state index contributed by atoms with van der Waals surface area (Å²) in [5.74, 6) is -0.282. The number of rotatable bonds is 5. The molecule has 0 saturated carbocycles. The highest BCUT2D eigenvalue weighted by Crippen LogP contribution is 2.19. The van der Waals surface area contributed by atoms with Crippen molar-refractivity contribution in [1.29, 1.82) is 0 Å². The maximum atomic E-state index is 11.8. The zero-order valence-corrected chi connectivity index (χ0v) is 10.8. The first-order chi connectivity index (χ1) is 7.58. The van der Waals surface area contributed by atoms with Gasteiger partial charge in [0.05, 0.1) is 11.8 Å². The molecule has 90 valence electrons. The van der Waals surface area contributed by atoms with E-state index in [1.165, 1.54) is 11.3 Å². The minimum Gasteiger partial charge on any atom is -0.458 e. The first-order valence-corrected chi connectivity index (χ1v) is 6.27. The number of hydrogen-bond acceptors (Lipinski definition) is 5. The van der Waals surface area contributed by atoms with Crippen LogP contribution in [0.15, 0.2) is 0 Å². The molecule has 0 saturated heterocycles. The van der Waals surface area contributed by atoms with Crippen molar-refractivity contribution in [3.8, 4) is 0 Å². The Labute approximate surface area is 99.8 Å². The molecule has 5 heteroatoms. The molecular weight excluding hydrogens is 224 g/mol. The lowest BCUT2D eigenvalue weighted by molar-refractivity contribution is 0.0328. The van der Waals surface area contributed by atoms with Gasteiger partial charge in [-0.25, -0.2) is 9.78 Å². The largest absolute Gasteiger partial charge is 0.458 e. The van der Waals surface area contributed by atoms with Gasteiger partial charge in [0, 0.05) is 6.54 Å². The summed E-state index contributed by atoms with van der Waals surface area (Å²) in [5.41, 5.74) is 6.18. The van der Waals surface area contributed by atoms with Gasteiger partial charge in [0.1, 0.15) is 9.88 Å². The van der Waals surface area contributed by atoms with Gasteiger partial charge >= 0.3 is 5.97 Å². The molecule has 1 heterocycles. The predicted octanol–water partition coefficient (Wildman–Crippen LogP) is 2.26. The Hall–Kier alpha value is -0.940. The molecule has 2 N–H and O–H groups in total. The molecule has 1 atom stereocenters. The van der Waals surface area contributed by atoms with Crippen LogP contribution in [0.4, 0.5) is 0 Å². The fourth-order valence-electron chi connectivity index (χ4n) is 1.43. The first-order valence-electron chi connectivity index (χ1n) is 5.45. The third kappa shape index (κ3) is 3.28. The number of nitrogens with zero attached hydrogens (tertiary/aromatic N) is 1. The molecule has 4 nitrogen and oxygen atoms in total. The Kier molecular flexibility index (Phi) is 4.89. The van der Waals surface area contributed by atoms with Crippen LogP contribution in [0, 0.1) is 6.92 Å². The van der Waals surface area contributed by atoms with Crippen LogP contribution >= 0.6 is 11.3 Å². The summed E-state index contributed by atoms with van der Waals surface area (Å²) in [5, 5.41) is 0.771. The predicted molar refractivity (Wildman–Crippen MR) is 64.5 cm³/mol. The monoisotopic (exact) mass is 242 g/mol. The van der Waals surface area contributed by atoms with Crippen LogP contribution in [0.25, 0.3) is 0 Å². The van der Waals surface area contributed by atoms with Crippen molar-refractivity contribution >= 4 is 17.3 Å². The Morgan fingerprint density at radius 2 is 2.31 bits per heavy atom. The maximum absolute atomic E-state index is 11.8. The van der Waals surface area contributed by atoms with Crippen molar-refractivity contribution in [3.63, 3.8) is 0 Å². The number of ether oxygens (including phenoxy) is 1. The molecule has 0 aliphatic carbocycles. The number of nitrogens with two attached hydrogens (primary N) is 1. The van der Waals surface area contributed by atoms with Gasteiger partial charge in [-0.2, -0.15) is 0 Å². The van der Waals surface area contributed by atoms with Crippen LogP contribution in [0.1, 0.15) is 47.1 Å². The van der Waals surface area contributed by atoms with Crippen molar-refractivity contribution in [2.24, 2.45) is 5.73 Å². The average Bonchev–Trinajstić information content (AvgIpc) is 2.60. The highest BCUT2D eigenvalue weighted by molar-refractivity contribution is 7.13. The van der Waals surface area contributed by atoms with Crippen LogP contribution in [0.2, 0.25) is 0 Å². The molecule has 1 aromatic heterocycles. The Morgan fingerprint density at radius 3 is 2.81 bits per heavy atom. The molecule has 16 heavy (non-hydrogen) atoms. The van der Waals surface area contributed by atoms with Gasteiger partial charge in [-0.05, 0) is 20.3 Å². The summed E-state index contributed by atoms with van der Waals surface area (Å²) in [6.45, 7) is 6.14. The normalized spacial score (nSPS) is 12.5. The molecule has 0 aliphatic rings.